The topological polar surface area (TPSA) is 50.2 Å². The summed E-state index contributed by atoms with van der Waals surface area (Å²) >= 11 is 0. The van der Waals surface area contributed by atoms with Crippen molar-refractivity contribution < 1.29 is 14.3 Å². The quantitative estimate of drug-likeness (QED) is 0.737. The number of pyridine rings is 1. The maximum Gasteiger partial charge on any atom is 0.306 e. The molecule has 14 heavy (non-hydrogen) atoms. The van der Waals surface area contributed by atoms with Crippen molar-refractivity contribution in [2.24, 2.45) is 5.92 Å². The van der Waals surface area contributed by atoms with Gasteiger partial charge in [0, 0.05) is 5.69 Å². The molecule has 1 aromatic rings. The Morgan fingerprint density at radius 3 is 3.14 bits per heavy atom. The molecule has 74 valence electrons. The van der Waals surface area contributed by atoms with Gasteiger partial charge in [0.25, 0.3) is 0 Å². The van der Waals surface area contributed by atoms with Crippen molar-refractivity contribution in [2.45, 2.75) is 19.3 Å². The van der Waals surface area contributed by atoms with E-state index in [0.29, 0.717) is 19.3 Å². The number of fused-ring (bicyclic) bond motifs is 1. The highest BCUT2D eigenvalue weighted by molar-refractivity contribution is 5.70. The summed E-state index contributed by atoms with van der Waals surface area (Å²) in [6, 6.07) is 1.39. The van der Waals surface area contributed by atoms with E-state index in [2.05, 4.69) is 4.98 Å². The summed E-state index contributed by atoms with van der Waals surface area (Å²) in [7, 11) is 0. The van der Waals surface area contributed by atoms with Crippen molar-refractivity contribution in [1.82, 2.24) is 4.98 Å². The number of rotatable bonds is 1. The summed E-state index contributed by atoms with van der Waals surface area (Å²) < 4.78 is 12.8. The van der Waals surface area contributed by atoms with Gasteiger partial charge in [-0.2, -0.15) is 0 Å². The summed E-state index contributed by atoms with van der Waals surface area (Å²) in [6.45, 7) is 0. The van der Waals surface area contributed by atoms with E-state index in [0.717, 1.165) is 11.3 Å². The van der Waals surface area contributed by atoms with Crippen molar-refractivity contribution in [3.63, 3.8) is 0 Å². The van der Waals surface area contributed by atoms with Gasteiger partial charge >= 0.3 is 5.97 Å². The Hall–Kier alpha value is -1.45. The van der Waals surface area contributed by atoms with Gasteiger partial charge in [0.1, 0.15) is 5.82 Å². The molecule has 4 heteroatoms. The third kappa shape index (κ3) is 1.60. The SMILES string of the molecule is O=C(O)C1CCc2ncc(F)cc2C1. The van der Waals surface area contributed by atoms with Crippen LogP contribution in [0.1, 0.15) is 17.7 Å². The second-order valence-corrected chi connectivity index (χ2v) is 3.54. The van der Waals surface area contributed by atoms with Gasteiger partial charge in [0.2, 0.25) is 0 Å². The van der Waals surface area contributed by atoms with Crippen LogP contribution in [0, 0.1) is 11.7 Å². The molecule has 0 amide bonds. The second kappa shape index (κ2) is 3.36. The van der Waals surface area contributed by atoms with Gasteiger partial charge < -0.3 is 5.11 Å². The third-order valence-corrected chi connectivity index (χ3v) is 2.57. The molecule has 0 spiro atoms. The average Bonchev–Trinajstić information content (AvgIpc) is 2.16. The van der Waals surface area contributed by atoms with Crippen LogP contribution in [0.25, 0.3) is 0 Å². The fraction of sp³-hybridized carbons (Fsp3) is 0.400. The molecule has 0 aliphatic heterocycles. The minimum atomic E-state index is -0.806. The maximum atomic E-state index is 12.8. The molecule has 1 aliphatic carbocycles. The Morgan fingerprint density at radius 1 is 1.64 bits per heavy atom. The van der Waals surface area contributed by atoms with E-state index in [9.17, 15) is 9.18 Å². The summed E-state index contributed by atoms with van der Waals surface area (Å²) in [4.78, 5) is 14.7. The van der Waals surface area contributed by atoms with Crippen LogP contribution in [-0.2, 0) is 17.6 Å². The number of carboxylic acid groups (broad SMARTS) is 1. The van der Waals surface area contributed by atoms with Crippen molar-refractivity contribution in [2.75, 3.05) is 0 Å². The molecule has 1 aliphatic rings. The predicted octanol–water partition coefficient (Wildman–Crippen LogP) is 1.41. The fourth-order valence-electron chi connectivity index (χ4n) is 1.80. The molecule has 0 bridgehead atoms. The first-order valence-corrected chi connectivity index (χ1v) is 4.53. The van der Waals surface area contributed by atoms with Gasteiger partial charge in [-0.15, -0.1) is 0 Å². The predicted molar refractivity (Wildman–Crippen MR) is 47.3 cm³/mol. The highest BCUT2D eigenvalue weighted by Crippen LogP contribution is 2.24. The van der Waals surface area contributed by atoms with E-state index in [1.54, 1.807) is 0 Å². The normalized spacial score (nSPS) is 20.2. The first-order valence-electron chi connectivity index (χ1n) is 4.53. The number of carbonyl (C=O) groups is 1. The Labute approximate surface area is 80.6 Å². The highest BCUT2D eigenvalue weighted by atomic mass is 19.1. The lowest BCUT2D eigenvalue weighted by Gasteiger charge is -2.20. The molecule has 2 rings (SSSR count). The van der Waals surface area contributed by atoms with Gasteiger partial charge in [-0.1, -0.05) is 0 Å². The average molecular weight is 195 g/mol. The summed E-state index contributed by atoms with van der Waals surface area (Å²) in [5.41, 5.74) is 1.58. The third-order valence-electron chi connectivity index (χ3n) is 2.57. The van der Waals surface area contributed by atoms with E-state index in [-0.39, 0.29) is 5.92 Å². The molecular formula is C10H10FNO2. The van der Waals surface area contributed by atoms with Gasteiger partial charge in [0.05, 0.1) is 12.1 Å². The fourth-order valence-corrected chi connectivity index (χ4v) is 1.80. The van der Waals surface area contributed by atoms with Crippen LogP contribution in [0.3, 0.4) is 0 Å². The Balaban J connectivity index is 2.29. The van der Waals surface area contributed by atoms with Crippen molar-refractivity contribution in [3.05, 3.63) is 29.3 Å². The second-order valence-electron chi connectivity index (χ2n) is 3.54. The van der Waals surface area contributed by atoms with Crippen LogP contribution in [0.2, 0.25) is 0 Å². The summed E-state index contributed by atoms with van der Waals surface area (Å²) in [6.07, 6.45) is 2.81. The lowest BCUT2D eigenvalue weighted by atomic mass is 9.87. The zero-order valence-electron chi connectivity index (χ0n) is 7.53. The number of halogens is 1. The van der Waals surface area contributed by atoms with Gasteiger partial charge in [-0.25, -0.2) is 4.39 Å². The van der Waals surface area contributed by atoms with Gasteiger partial charge in [-0.3, -0.25) is 9.78 Å². The monoisotopic (exact) mass is 195 g/mol. The number of aryl methyl sites for hydroxylation is 1. The lowest BCUT2D eigenvalue weighted by molar-refractivity contribution is -0.142. The number of nitrogens with zero attached hydrogens (tertiary/aromatic N) is 1. The van der Waals surface area contributed by atoms with Crippen LogP contribution >= 0.6 is 0 Å². The minimum Gasteiger partial charge on any atom is -0.481 e. The van der Waals surface area contributed by atoms with E-state index in [1.165, 1.54) is 12.3 Å². The van der Waals surface area contributed by atoms with E-state index >= 15 is 0 Å². The van der Waals surface area contributed by atoms with Crippen LogP contribution in [-0.4, -0.2) is 16.1 Å². The molecular weight excluding hydrogens is 185 g/mol. The molecule has 1 atom stereocenters. The van der Waals surface area contributed by atoms with Crippen LogP contribution in [0.15, 0.2) is 12.3 Å². The zero-order valence-corrected chi connectivity index (χ0v) is 7.53. The van der Waals surface area contributed by atoms with Crippen molar-refractivity contribution in [3.8, 4) is 0 Å². The Kier molecular flexibility index (Phi) is 2.19. The van der Waals surface area contributed by atoms with E-state index in [4.69, 9.17) is 5.11 Å². The molecule has 3 nitrogen and oxygen atoms in total. The largest absolute Gasteiger partial charge is 0.481 e. The molecule has 1 heterocycles. The standard InChI is InChI=1S/C10H10FNO2/c11-8-4-7-3-6(10(13)14)1-2-9(7)12-5-8/h4-6H,1-3H2,(H,13,14). The molecule has 1 unspecified atom stereocenters. The molecule has 0 fully saturated rings. The molecule has 0 saturated heterocycles. The molecule has 1 aromatic heterocycles. The smallest absolute Gasteiger partial charge is 0.306 e. The molecule has 1 N–H and O–H groups in total. The van der Waals surface area contributed by atoms with Gasteiger partial charge in [0.15, 0.2) is 0 Å². The first-order chi connectivity index (χ1) is 6.66. The minimum absolute atomic E-state index is 0.383. The van der Waals surface area contributed by atoms with Crippen LogP contribution in [0.5, 0.6) is 0 Å². The van der Waals surface area contributed by atoms with Crippen molar-refractivity contribution in [1.29, 1.82) is 0 Å². The van der Waals surface area contributed by atoms with Crippen molar-refractivity contribution >= 4 is 5.97 Å². The van der Waals surface area contributed by atoms with Crippen LogP contribution in [0.4, 0.5) is 4.39 Å². The summed E-state index contributed by atoms with van der Waals surface area (Å²) in [5, 5.41) is 8.82. The Bertz CT molecular complexity index is 378. The first kappa shape index (κ1) is 9.12. The number of hydrogen-bond donors (Lipinski definition) is 1. The highest BCUT2D eigenvalue weighted by Gasteiger charge is 2.24. The summed E-state index contributed by atoms with van der Waals surface area (Å²) in [5.74, 6) is -1.58. The number of carboxylic acids is 1. The van der Waals surface area contributed by atoms with E-state index in [1.807, 2.05) is 0 Å². The van der Waals surface area contributed by atoms with E-state index < -0.39 is 11.8 Å². The maximum absolute atomic E-state index is 12.8. The van der Waals surface area contributed by atoms with Crippen LogP contribution < -0.4 is 0 Å². The lowest BCUT2D eigenvalue weighted by Crippen LogP contribution is -2.22. The molecule has 0 radical (unpaired) electrons. The Morgan fingerprint density at radius 2 is 2.43 bits per heavy atom. The zero-order chi connectivity index (χ0) is 10.1. The number of aromatic nitrogens is 1. The van der Waals surface area contributed by atoms with Gasteiger partial charge in [-0.05, 0) is 30.9 Å². The number of hydrogen-bond acceptors (Lipinski definition) is 2. The number of aliphatic carboxylic acids is 1. The molecule has 0 saturated carbocycles. The molecule has 0 aromatic carbocycles.